The van der Waals surface area contributed by atoms with Crippen molar-refractivity contribution in [2.45, 2.75) is 32.8 Å². The molecule has 0 radical (unpaired) electrons. The van der Waals surface area contributed by atoms with Crippen molar-refractivity contribution >= 4 is 35.8 Å². The molecule has 0 spiro atoms. The summed E-state index contributed by atoms with van der Waals surface area (Å²) in [5, 5.41) is 19.2. The summed E-state index contributed by atoms with van der Waals surface area (Å²) in [4.78, 5) is 15.8. The largest absolute Gasteiger partial charge is 0.466 e. The third-order valence-electron chi connectivity index (χ3n) is 2.95. The summed E-state index contributed by atoms with van der Waals surface area (Å²) < 4.78 is 5.22. The van der Waals surface area contributed by atoms with Gasteiger partial charge in [-0.05, 0) is 32.4 Å². The minimum absolute atomic E-state index is 0. The lowest BCUT2D eigenvalue weighted by molar-refractivity contribution is -0.119. The molecule has 23 heavy (non-hydrogen) atoms. The second kappa shape index (κ2) is 11.3. The SMILES string of the molecule is CCCNC(=O)CN=C(NCC)NCC(C)(O)c1ccco1.I. The molecular formula is C15H27IN4O3. The Hall–Kier alpha value is -1.29. The molecule has 7 nitrogen and oxygen atoms in total. The lowest BCUT2D eigenvalue weighted by Gasteiger charge is -2.22. The predicted molar refractivity (Wildman–Crippen MR) is 101 cm³/mol. The maximum absolute atomic E-state index is 11.6. The number of nitrogens with zero attached hydrogens (tertiary/aromatic N) is 1. The molecule has 1 rings (SSSR count). The topological polar surface area (TPSA) is 98.9 Å². The number of hydrogen-bond donors (Lipinski definition) is 4. The molecule has 0 saturated heterocycles. The number of halogens is 1. The molecule has 1 heterocycles. The average molecular weight is 438 g/mol. The number of carbonyl (C=O) groups is 1. The number of rotatable bonds is 8. The van der Waals surface area contributed by atoms with Crippen molar-refractivity contribution in [1.82, 2.24) is 16.0 Å². The summed E-state index contributed by atoms with van der Waals surface area (Å²) in [6.45, 7) is 7.12. The molecule has 8 heteroatoms. The number of aliphatic hydroxyl groups is 1. The van der Waals surface area contributed by atoms with Gasteiger partial charge in [0.05, 0.1) is 12.8 Å². The Bertz CT molecular complexity index is 475. The van der Waals surface area contributed by atoms with Gasteiger partial charge in [-0.25, -0.2) is 4.99 Å². The van der Waals surface area contributed by atoms with Crippen molar-refractivity contribution in [3.05, 3.63) is 24.2 Å². The van der Waals surface area contributed by atoms with Crippen LogP contribution in [0.4, 0.5) is 0 Å². The molecule has 0 aliphatic carbocycles. The maximum atomic E-state index is 11.6. The smallest absolute Gasteiger partial charge is 0.241 e. The number of guanidine groups is 1. The van der Waals surface area contributed by atoms with E-state index < -0.39 is 5.60 Å². The minimum Gasteiger partial charge on any atom is -0.466 e. The van der Waals surface area contributed by atoms with E-state index in [2.05, 4.69) is 20.9 Å². The van der Waals surface area contributed by atoms with Crippen LogP contribution in [0.15, 0.2) is 27.8 Å². The van der Waals surface area contributed by atoms with Gasteiger partial charge < -0.3 is 25.5 Å². The molecule has 0 saturated carbocycles. The van der Waals surface area contributed by atoms with Crippen molar-refractivity contribution in [2.24, 2.45) is 4.99 Å². The van der Waals surface area contributed by atoms with Crippen molar-refractivity contribution < 1.29 is 14.3 Å². The Morgan fingerprint density at radius 2 is 2.09 bits per heavy atom. The standard InChI is InChI=1S/C15H26N4O3.HI/c1-4-8-17-13(20)10-18-14(16-5-2)19-11-15(3,21)12-7-6-9-22-12;/h6-7,9,21H,4-5,8,10-11H2,1-3H3,(H,17,20)(H2,16,18,19);1H. The van der Waals surface area contributed by atoms with Gasteiger partial charge in [0.1, 0.15) is 17.9 Å². The van der Waals surface area contributed by atoms with Gasteiger partial charge in [0.25, 0.3) is 0 Å². The zero-order valence-electron chi connectivity index (χ0n) is 13.9. The fraction of sp³-hybridized carbons (Fsp3) is 0.600. The fourth-order valence-corrected chi connectivity index (χ4v) is 1.74. The van der Waals surface area contributed by atoms with Crippen LogP contribution in [0, 0.1) is 0 Å². The number of aliphatic imine (C=N–C) groups is 1. The number of furan rings is 1. The first-order valence-electron chi connectivity index (χ1n) is 7.54. The molecule has 0 fully saturated rings. The van der Waals surface area contributed by atoms with Gasteiger partial charge in [-0.2, -0.15) is 0 Å². The molecule has 0 aliphatic rings. The quantitative estimate of drug-likeness (QED) is 0.278. The Morgan fingerprint density at radius 3 is 2.65 bits per heavy atom. The summed E-state index contributed by atoms with van der Waals surface area (Å²) >= 11 is 0. The summed E-state index contributed by atoms with van der Waals surface area (Å²) in [6.07, 6.45) is 2.40. The zero-order chi connectivity index (χ0) is 16.4. The number of nitrogens with one attached hydrogen (secondary N) is 3. The molecule has 0 bridgehead atoms. The number of amides is 1. The molecular weight excluding hydrogens is 411 g/mol. The molecule has 0 aliphatic heterocycles. The number of carbonyl (C=O) groups excluding carboxylic acids is 1. The molecule has 1 unspecified atom stereocenters. The van der Waals surface area contributed by atoms with Crippen LogP contribution in [0.1, 0.15) is 33.0 Å². The van der Waals surface area contributed by atoms with E-state index in [9.17, 15) is 9.90 Å². The molecule has 1 atom stereocenters. The van der Waals surface area contributed by atoms with Gasteiger partial charge in [-0.3, -0.25) is 4.79 Å². The highest BCUT2D eigenvalue weighted by atomic mass is 127. The van der Waals surface area contributed by atoms with E-state index in [0.29, 0.717) is 24.8 Å². The first-order valence-corrected chi connectivity index (χ1v) is 7.54. The first-order chi connectivity index (χ1) is 10.5. The third-order valence-corrected chi connectivity index (χ3v) is 2.95. The molecule has 0 aromatic carbocycles. The van der Waals surface area contributed by atoms with E-state index in [1.54, 1.807) is 19.1 Å². The van der Waals surface area contributed by atoms with Crippen molar-refractivity contribution in [3.63, 3.8) is 0 Å². The lowest BCUT2D eigenvalue weighted by Crippen LogP contribution is -2.45. The van der Waals surface area contributed by atoms with Gasteiger partial charge in [0.2, 0.25) is 5.91 Å². The van der Waals surface area contributed by atoms with Gasteiger partial charge in [0, 0.05) is 13.1 Å². The summed E-state index contributed by atoms with van der Waals surface area (Å²) in [5.74, 6) is 0.814. The Balaban J connectivity index is 0.00000484. The van der Waals surface area contributed by atoms with E-state index in [1.165, 1.54) is 6.26 Å². The van der Waals surface area contributed by atoms with Crippen LogP contribution in [0.2, 0.25) is 0 Å². The second-order valence-corrected chi connectivity index (χ2v) is 5.15. The van der Waals surface area contributed by atoms with Crippen LogP contribution in [0.5, 0.6) is 0 Å². The van der Waals surface area contributed by atoms with Crippen LogP contribution in [-0.2, 0) is 10.4 Å². The van der Waals surface area contributed by atoms with Crippen molar-refractivity contribution in [2.75, 3.05) is 26.2 Å². The van der Waals surface area contributed by atoms with E-state index in [0.717, 1.165) is 6.42 Å². The van der Waals surface area contributed by atoms with Crippen LogP contribution in [0.3, 0.4) is 0 Å². The van der Waals surface area contributed by atoms with Gasteiger partial charge in [-0.15, -0.1) is 24.0 Å². The lowest BCUT2D eigenvalue weighted by atomic mass is 10.0. The van der Waals surface area contributed by atoms with E-state index in [-0.39, 0.29) is 43.0 Å². The summed E-state index contributed by atoms with van der Waals surface area (Å²) in [6, 6.07) is 3.44. The molecule has 4 N–H and O–H groups in total. The van der Waals surface area contributed by atoms with Gasteiger partial charge in [0.15, 0.2) is 5.96 Å². The molecule has 1 amide bonds. The summed E-state index contributed by atoms with van der Waals surface area (Å²) in [7, 11) is 0. The van der Waals surface area contributed by atoms with E-state index in [1.807, 2.05) is 13.8 Å². The molecule has 1 aromatic heterocycles. The van der Waals surface area contributed by atoms with Crippen LogP contribution in [-0.4, -0.2) is 43.2 Å². The average Bonchev–Trinajstić information content (AvgIpc) is 3.03. The van der Waals surface area contributed by atoms with E-state index in [4.69, 9.17) is 4.42 Å². The fourth-order valence-electron chi connectivity index (χ4n) is 1.74. The van der Waals surface area contributed by atoms with Crippen LogP contribution >= 0.6 is 24.0 Å². The van der Waals surface area contributed by atoms with E-state index >= 15 is 0 Å². The highest BCUT2D eigenvalue weighted by Gasteiger charge is 2.26. The Morgan fingerprint density at radius 1 is 1.35 bits per heavy atom. The predicted octanol–water partition coefficient (Wildman–Crippen LogP) is 1.19. The molecule has 1 aromatic rings. The molecule has 132 valence electrons. The highest BCUT2D eigenvalue weighted by molar-refractivity contribution is 14.0. The Kier molecular flexibility index (Phi) is 10.6. The highest BCUT2D eigenvalue weighted by Crippen LogP contribution is 2.19. The Labute approximate surface area is 154 Å². The van der Waals surface area contributed by atoms with Crippen molar-refractivity contribution in [3.8, 4) is 0 Å². The van der Waals surface area contributed by atoms with Gasteiger partial charge >= 0.3 is 0 Å². The number of hydrogen-bond acceptors (Lipinski definition) is 4. The summed E-state index contributed by atoms with van der Waals surface area (Å²) in [5.41, 5.74) is -1.16. The third kappa shape index (κ3) is 8.21. The zero-order valence-corrected chi connectivity index (χ0v) is 16.2. The van der Waals surface area contributed by atoms with Crippen LogP contribution < -0.4 is 16.0 Å². The minimum atomic E-state index is -1.16. The van der Waals surface area contributed by atoms with Crippen LogP contribution in [0.25, 0.3) is 0 Å². The van der Waals surface area contributed by atoms with Crippen molar-refractivity contribution in [1.29, 1.82) is 0 Å². The van der Waals surface area contributed by atoms with Gasteiger partial charge in [-0.1, -0.05) is 6.92 Å². The first kappa shape index (κ1) is 21.7. The second-order valence-electron chi connectivity index (χ2n) is 5.15. The maximum Gasteiger partial charge on any atom is 0.241 e. The monoisotopic (exact) mass is 438 g/mol. The normalized spacial score (nSPS) is 13.7.